The molecule has 3 N–H and O–H groups in total. The third kappa shape index (κ3) is 3.79. The van der Waals surface area contributed by atoms with E-state index in [-0.39, 0.29) is 16.8 Å². The van der Waals surface area contributed by atoms with Crippen LogP contribution in [0.25, 0.3) is 0 Å². The van der Waals surface area contributed by atoms with Gasteiger partial charge in [0.1, 0.15) is 5.75 Å². The first-order valence-electron chi connectivity index (χ1n) is 5.72. The summed E-state index contributed by atoms with van der Waals surface area (Å²) >= 11 is 8.47. The second-order valence-corrected chi connectivity index (χ2v) is 5.20. The van der Waals surface area contributed by atoms with Gasteiger partial charge in [0.25, 0.3) is 5.91 Å². The van der Waals surface area contributed by atoms with Crippen molar-refractivity contribution in [2.24, 2.45) is 0 Å². The number of anilines is 1. The SMILES string of the molecule is O=C(NC(=S)Nc1ccccc1Br)c1ccc(O)cc1. The van der Waals surface area contributed by atoms with Crippen molar-refractivity contribution >= 4 is 44.9 Å². The van der Waals surface area contributed by atoms with Crippen LogP contribution in [0.2, 0.25) is 0 Å². The molecule has 0 aliphatic heterocycles. The lowest BCUT2D eigenvalue weighted by Crippen LogP contribution is -2.34. The molecular formula is C14H11BrN2O2S. The van der Waals surface area contributed by atoms with Gasteiger partial charge < -0.3 is 10.4 Å². The number of halogens is 1. The van der Waals surface area contributed by atoms with Gasteiger partial charge in [0.15, 0.2) is 5.11 Å². The molecule has 0 radical (unpaired) electrons. The fourth-order valence-corrected chi connectivity index (χ4v) is 2.09. The predicted molar refractivity (Wildman–Crippen MR) is 85.9 cm³/mol. The molecule has 0 spiro atoms. The summed E-state index contributed by atoms with van der Waals surface area (Å²) in [5, 5.41) is 14.9. The Balaban J connectivity index is 2.00. The van der Waals surface area contributed by atoms with E-state index in [2.05, 4.69) is 26.6 Å². The molecule has 4 nitrogen and oxygen atoms in total. The molecule has 2 aromatic carbocycles. The summed E-state index contributed by atoms with van der Waals surface area (Å²) < 4.78 is 0.848. The van der Waals surface area contributed by atoms with Crippen LogP contribution in [0.3, 0.4) is 0 Å². The highest BCUT2D eigenvalue weighted by Gasteiger charge is 2.08. The summed E-state index contributed by atoms with van der Waals surface area (Å²) in [6.45, 7) is 0. The van der Waals surface area contributed by atoms with Gasteiger partial charge in [-0.3, -0.25) is 10.1 Å². The van der Waals surface area contributed by atoms with Crippen molar-refractivity contribution in [3.63, 3.8) is 0 Å². The van der Waals surface area contributed by atoms with Crippen LogP contribution in [-0.2, 0) is 0 Å². The average Bonchev–Trinajstić information content (AvgIpc) is 2.42. The number of carbonyl (C=O) groups is 1. The van der Waals surface area contributed by atoms with E-state index in [0.29, 0.717) is 5.56 Å². The number of para-hydroxylation sites is 1. The van der Waals surface area contributed by atoms with Crippen molar-refractivity contribution in [2.75, 3.05) is 5.32 Å². The first-order valence-corrected chi connectivity index (χ1v) is 6.92. The number of carbonyl (C=O) groups excluding carboxylic acids is 1. The maximum Gasteiger partial charge on any atom is 0.257 e. The van der Waals surface area contributed by atoms with Crippen molar-refractivity contribution in [1.29, 1.82) is 0 Å². The Hall–Kier alpha value is -1.92. The number of phenols is 1. The lowest BCUT2D eigenvalue weighted by atomic mass is 10.2. The van der Waals surface area contributed by atoms with Gasteiger partial charge in [-0.1, -0.05) is 12.1 Å². The summed E-state index contributed by atoms with van der Waals surface area (Å²) in [4.78, 5) is 11.9. The van der Waals surface area contributed by atoms with Gasteiger partial charge >= 0.3 is 0 Å². The summed E-state index contributed by atoms with van der Waals surface area (Å²) in [6, 6.07) is 13.4. The molecule has 0 heterocycles. The highest BCUT2D eigenvalue weighted by Crippen LogP contribution is 2.20. The summed E-state index contributed by atoms with van der Waals surface area (Å²) in [7, 11) is 0. The van der Waals surface area contributed by atoms with Gasteiger partial charge in [-0.2, -0.15) is 0 Å². The molecule has 2 aromatic rings. The minimum atomic E-state index is -0.338. The van der Waals surface area contributed by atoms with Gasteiger partial charge in [0.2, 0.25) is 0 Å². The summed E-state index contributed by atoms with van der Waals surface area (Å²) in [6.07, 6.45) is 0. The van der Waals surface area contributed by atoms with E-state index >= 15 is 0 Å². The van der Waals surface area contributed by atoms with Crippen LogP contribution in [0.4, 0.5) is 5.69 Å². The van der Waals surface area contributed by atoms with Gasteiger partial charge in [0.05, 0.1) is 5.69 Å². The average molecular weight is 351 g/mol. The standard InChI is InChI=1S/C14H11BrN2O2S/c15-11-3-1-2-4-12(11)16-14(20)17-13(19)9-5-7-10(18)8-6-9/h1-8,18H,(H2,16,17,19,20). The number of thiocarbonyl (C=S) groups is 1. The number of aromatic hydroxyl groups is 1. The molecular weight excluding hydrogens is 340 g/mol. The highest BCUT2D eigenvalue weighted by molar-refractivity contribution is 9.10. The van der Waals surface area contributed by atoms with Gasteiger partial charge in [-0.15, -0.1) is 0 Å². The predicted octanol–water partition coefficient (Wildman–Crippen LogP) is 3.28. The van der Waals surface area contributed by atoms with Crippen LogP contribution < -0.4 is 10.6 Å². The van der Waals surface area contributed by atoms with Gasteiger partial charge in [0, 0.05) is 10.0 Å². The fraction of sp³-hybridized carbons (Fsp3) is 0. The normalized spacial score (nSPS) is 9.85. The molecule has 0 aliphatic rings. The Kier molecular flexibility index (Phi) is 4.70. The lowest BCUT2D eigenvalue weighted by molar-refractivity contribution is 0.0978. The zero-order valence-electron chi connectivity index (χ0n) is 10.3. The molecule has 1 amide bonds. The number of hydrogen-bond acceptors (Lipinski definition) is 3. The monoisotopic (exact) mass is 350 g/mol. The quantitative estimate of drug-likeness (QED) is 0.727. The van der Waals surface area contributed by atoms with E-state index in [0.717, 1.165) is 10.2 Å². The summed E-state index contributed by atoms with van der Waals surface area (Å²) in [5.74, 6) is -0.231. The minimum Gasteiger partial charge on any atom is -0.508 e. The smallest absolute Gasteiger partial charge is 0.257 e. The Morgan fingerprint density at radius 2 is 1.75 bits per heavy atom. The zero-order chi connectivity index (χ0) is 14.5. The lowest BCUT2D eigenvalue weighted by Gasteiger charge is -2.10. The molecule has 20 heavy (non-hydrogen) atoms. The van der Waals surface area contributed by atoms with Crippen LogP contribution in [0.1, 0.15) is 10.4 Å². The summed E-state index contributed by atoms with van der Waals surface area (Å²) in [5.41, 5.74) is 1.18. The van der Waals surface area contributed by atoms with Crippen molar-refractivity contribution in [1.82, 2.24) is 5.32 Å². The number of nitrogens with one attached hydrogen (secondary N) is 2. The first kappa shape index (κ1) is 14.5. The maximum absolute atomic E-state index is 11.9. The molecule has 0 atom stereocenters. The van der Waals surface area contributed by atoms with Crippen molar-refractivity contribution in [2.45, 2.75) is 0 Å². The van der Waals surface area contributed by atoms with Crippen molar-refractivity contribution < 1.29 is 9.90 Å². The molecule has 0 aromatic heterocycles. The van der Waals surface area contributed by atoms with E-state index in [4.69, 9.17) is 12.2 Å². The number of amides is 1. The Morgan fingerprint density at radius 1 is 1.10 bits per heavy atom. The van der Waals surface area contributed by atoms with E-state index in [1.54, 1.807) is 0 Å². The number of rotatable bonds is 2. The van der Waals surface area contributed by atoms with Gasteiger partial charge in [-0.05, 0) is 64.5 Å². The Labute approximate surface area is 130 Å². The molecule has 0 bridgehead atoms. The van der Waals surface area contributed by atoms with E-state index in [1.165, 1.54) is 24.3 Å². The van der Waals surface area contributed by atoms with E-state index < -0.39 is 0 Å². The van der Waals surface area contributed by atoms with Crippen LogP contribution in [0, 0.1) is 0 Å². The fourth-order valence-electron chi connectivity index (χ4n) is 1.50. The molecule has 102 valence electrons. The van der Waals surface area contributed by atoms with E-state index in [9.17, 15) is 9.90 Å². The third-order valence-corrected chi connectivity index (χ3v) is 3.37. The molecule has 0 saturated carbocycles. The van der Waals surface area contributed by atoms with Crippen LogP contribution >= 0.6 is 28.1 Å². The largest absolute Gasteiger partial charge is 0.508 e. The zero-order valence-corrected chi connectivity index (χ0v) is 12.7. The van der Waals surface area contributed by atoms with E-state index in [1.807, 2.05) is 24.3 Å². The second kappa shape index (κ2) is 6.49. The van der Waals surface area contributed by atoms with Crippen molar-refractivity contribution in [3.05, 3.63) is 58.6 Å². The molecule has 0 aliphatic carbocycles. The Morgan fingerprint density at radius 3 is 2.40 bits per heavy atom. The highest BCUT2D eigenvalue weighted by atomic mass is 79.9. The third-order valence-electron chi connectivity index (χ3n) is 2.48. The maximum atomic E-state index is 11.9. The molecule has 0 fully saturated rings. The van der Waals surface area contributed by atoms with Crippen molar-refractivity contribution in [3.8, 4) is 5.75 Å². The number of hydrogen-bond donors (Lipinski definition) is 3. The Bertz CT molecular complexity index is 644. The number of phenolic OH excluding ortho intramolecular Hbond substituents is 1. The topological polar surface area (TPSA) is 61.4 Å². The van der Waals surface area contributed by atoms with Gasteiger partial charge in [-0.25, -0.2) is 0 Å². The first-order chi connectivity index (χ1) is 9.56. The van der Waals surface area contributed by atoms with Crippen LogP contribution in [0.5, 0.6) is 5.75 Å². The molecule has 2 rings (SSSR count). The molecule has 0 unspecified atom stereocenters. The molecule has 0 saturated heterocycles. The molecule has 6 heteroatoms. The number of benzene rings is 2. The van der Waals surface area contributed by atoms with Crippen LogP contribution in [0.15, 0.2) is 53.0 Å². The van der Waals surface area contributed by atoms with Crippen LogP contribution in [-0.4, -0.2) is 16.1 Å². The minimum absolute atomic E-state index is 0.107. The second-order valence-electron chi connectivity index (χ2n) is 3.93.